The Labute approximate surface area is 42.5 Å². The minimum absolute atomic E-state index is 0.264. The van der Waals surface area contributed by atoms with Crippen LogP contribution in [0.15, 0.2) is 0 Å². The topological polar surface area (TPSA) is 43.2 Å². The molecule has 0 atom stereocenters. The highest BCUT2D eigenvalue weighted by Gasteiger charge is 2.10. The number of aliphatic hydroxyl groups is 1. The summed E-state index contributed by atoms with van der Waals surface area (Å²) in [4.78, 5) is 11.5. The number of aliphatic hydroxyl groups excluding tert-OH is 1. The highest BCUT2D eigenvalue weighted by Crippen LogP contribution is 1.67. The van der Waals surface area contributed by atoms with E-state index in [1.807, 2.05) is 0 Å². The van der Waals surface area contributed by atoms with E-state index in [4.69, 9.17) is 5.11 Å². The quantitative estimate of drug-likeness (QED) is 0.428. The summed E-state index contributed by atoms with van der Waals surface area (Å²) >= 11 is 0. The van der Waals surface area contributed by atoms with E-state index in [-0.39, 0.29) is 5.91 Å². The zero-order valence-electron chi connectivity index (χ0n) is 4.51. The molecule has 0 aliphatic rings. The van der Waals surface area contributed by atoms with E-state index in [1.165, 1.54) is 4.90 Å². The van der Waals surface area contributed by atoms with Crippen LogP contribution in [-0.4, -0.2) is 31.7 Å². The molecule has 0 saturated carbocycles. The zero-order valence-corrected chi connectivity index (χ0v) is 4.51. The van der Waals surface area contributed by atoms with Gasteiger partial charge in [0.1, 0.15) is 14.1 Å². The fourth-order valence-electron chi connectivity index (χ4n) is 0.141. The molecule has 0 saturated heterocycles. The first kappa shape index (κ1) is 6.59. The summed E-state index contributed by atoms with van der Waals surface area (Å²) in [5, 5.41) is 8.11. The summed E-state index contributed by atoms with van der Waals surface area (Å²) in [6, 6.07) is 0. The largest absolute Gasteiger partial charge is 0.385 e. The number of nitrogens with zero attached hydrogens (tertiary/aromatic N) is 1. The normalized spacial score (nSPS) is 9.71. The highest BCUT2D eigenvalue weighted by molar-refractivity contribution is 5.78. The van der Waals surface area contributed by atoms with Crippen LogP contribution in [0.4, 0.5) is 0 Å². The van der Waals surface area contributed by atoms with Crippen LogP contribution < -0.4 is 4.90 Å². The second-order valence-electron chi connectivity index (χ2n) is 1.45. The van der Waals surface area contributed by atoms with E-state index in [0.717, 1.165) is 0 Å². The number of carbonyl (C=O) groups is 1. The summed E-state index contributed by atoms with van der Waals surface area (Å²) in [5.74, 6) is -0.264. The van der Waals surface area contributed by atoms with Gasteiger partial charge in [-0.05, 0) is 0 Å². The molecule has 1 N–H and O–H groups in total. The van der Waals surface area contributed by atoms with Gasteiger partial charge >= 0.3 is 5.91 Å². The lowest BCUT2D eigenvalue weighted by Gasteiger charge is -1.89. The van der Waals surface area contributed by atoms with E-state index in [2.05, 4.69) is 0 Å². The van der Waals surface area contributed by atoms with Crippen LogP contribution in [0.2, 0.25) is 0 Å². The number of carbonyl (C=O) groups excluding carboxylic acids is 1. The van der Waals surface area contributed by atoms with Gasteiger partial charge in [-0.2, -0.15) is 0 Å². The monoisotopic (exact) mass is 103 g/mol. The van der Waals surface area contributed by atoms with Gasteiger partial charge in [-0.3, -0.25) is 0 Å². The lowest BCUT2D eigenvalue weighted by Crippen LogP contribution is -2.30. The Morgan fingerprint density at radius 2 is 2.14 bits per heavy atom. The van der Waals surface area contributed by atoms with Crippen LogP contribution >= 0.6 is 0 Å². The first-order chi connectivity index (χ1) is 3.18. The maximum absolute atomic E-state index is 10.2. The van der Waals surface area contributed by atoms with Crippen LogP contribution in [0.1, 0.15) is 0 Å². The van der Waals surface area contributed by atoms with Crippen molar-refractivity contribution < 1.29 is 9.90 Å². The molecule has 7 heavy (non-hydrogen) atoms. The maximum Gasteiger partial charge on any atom is 0.385 e. The molecule has 0 spiro atoms. The van der Waals surface area contributed by atoms with Crippen molar-refractivity contribution in [1.82, 2.24) is 4.90 Å². The molecule has 0 rings (SSSR count). The SMILES string of the molecule is C[N+](C)C(=O)CO. The molecular weight excluding hydrogens is 94.0 g/mol. The van der Waals surface area contributed by atoms with Crippen molar-refractivity contribution in [3.63, 3.8) is 0 Å². The summed E-state index contributed by atoms with van der Waals surface area (Å²) in [7, 11) is 3.19. The zero-order chi connectivity index (χ0) is 5.86. The second kappa shape index (κ2) is 2.71. The Kier molecular flexibility index (Phi) is 2.55. The molecule has 0 aliphatic heterocycles. The number of hydrogen-bond donors (Lipinski definition) is 1. The molecule has 0 heterocycles. The number of likely N-dealkylation sites (N-methyl/N-ethyl adjacent to an activating group) is 1. The summed E-state index contributed by atoms with van der Waals surface area (Å²) < 4.78 is 0. The van der Waals surface area contributed by atoms with Crippen molar-refractivity contribution in [3.8, 4) is 0 Å². The van der Waals surface area contributed by atoms with Gasteiger partial charge in [-0.25, -0.2) is 4.79 Å². The molecule has 0 bridgehead atoms. The lowest BCUT2D eigenvalue weighted by atomic mass is 10.6. The van der Waals surface area contributed by atoms with E-state index >= 15 is 0 Å². The molecule has 0 fully saturated rings. The van der Waals surface area contributed by atoms with Gasteiger partial charge in [0.15, 0.2) is 6.61 Å². The first-order valence-corrected chi connectivity index (χ1v) is 1.99. The van der Waals surface area contributed by atoms with Crippen molar-refractivity contribution in [1.29, 1.82) is 0 Å². The fraction of sp³-hybridized carbons (Fsp3) is 0.750. The Morgan fingerprint density at radius 3 is 2.14 bits per heavy atom. The maximum atomic E-state index is 10.2. The van der Waals surface area contributed by atoms with E-state index < -0.39 is 6.61 Å². The fourth-order valence-corrected chi connectivity index (χ4v) is 0.141. The third-order valence-electron chi connectivity index (χ3n) is 0.634. The average Bonchev–Trinajstić information content (AvgIpc) is 1.65. The summed E-state index contributed by atoms with van der Waals surface area (Å²) in [5.41, 5.74) is 0. The third-order valence-corrected chi connectivity index (χ3v) is 0.634. The molecule has 0 aliphatic carbocycles. The van der Waals surface area contributed by atoms with Gasteiger partial charge in [-0.15, -0.1) is 4.90 Å². The van der Waals surface area contributed by atoms with Crippen molar-refractivity contribution >= 4 is 5.91 Å². The van der Waals surface area contributed by atoms with Crippen LogP contribution in [0.5, 0.6) is 0 Å². The Balaban J connectivity index is 3.35. The summed E-state index contributed by atoms with van der Waals surface area (Å²) in [6.45, 7) is -0.396. The van der Waals surface area contributed by atoms with E-state index in [9.17, 15) is 4.79 Å². The van der Waals surface area contributed by atoms with Crippen molar-refractivity contribution in [2.24, 2.45) is 0 Å². The van der Waals surface area contributed by atoms with E-state index in [0.29, 0.717) is 0 Å². The van der Waals surface area contributed by atoms with Crippen molar-refractivity contribution in [2.75, 3.05) is 20.7 Å². The molecule has 1 radical (unpaired) electrons. The van der Waals surface area contributed by atoms with Gasteiger partial charge in [0.25, 0.3) is 0 Å². The van der Waals surface area contributed by atoms with Crippen LogP contribution in [0.3, 0.4) is 0 Å². The predicted molar refractivity (Wildman–Crippen MR) is 26.1 cm³/mol. The van der Waals surface area contributed by atoms with Crippen LogP contribution in [0, 0.1) is 0 Å². The molecule has 1 amide bonds. The van der Waals surface area contributed by atoms with Gasteiger partial charge in [0.2, 0.25) is 0 Å². The number of hydrogen-bond acceptors (Lipinski definition) is 2. The molecular formula is C4H9NO2+. The molecule has 0 unspecified atom stereocenters. The van der Waals surface area contributed by atoms with Gasteiger partial charge in [-0.1, -0.05) is 0 Å². The van der Waals surface area contributed by atoms with Crippen LogP contribution in [-0.2, 0) is 4.79 Å². The van der Waals surface area contributed by atoms with Gasteiger partial charge in [0, 0.05) is 0 Å². The standard InChI is InChI=1S/C4H9NO2/c1-5(2)4(7)3-6/h6H,3H2,1-2H3/q+1. The van der Waals surface area contributed by atoms with Gasteiger partial charge in [0.05, 0.1) is 0 Å². The van der Waals surface area contributed by atoms with Crippen molar-refractivity contribution in [2.45, 2.75) is 0 Å². The summed E-state index contributed by atoms with van der Waals surface area (Å²) in [6.07, 6.45) is 0. The van der Waals surface area contributed by atoms with Crippen LogP contribution in [0.25, 0.3) is 0 Å². The Morgan fingerprint density at radius 1 is 1.71 bits per heavy atom. The number of rotatable bonds is 1. The first-order valence-electron chi connectivity index (χ1n) is 1.99. The van der Waals surface area contributed by atoms with E-state index in [1.54, 1.807) is 14.1 Å². The molecule has 3 heteroatoms. The molecule has 0 aromatic heterocycles. The Hall–Kier alpha value is -0.410. The minimum atomic E-state index is -0.396. The smallest absolute Gasteiger partial charge is 0.382 e. The second-order valence-corrected chi connectivity index (χ2v) is 1.45. The highest BCUT2D eigenvalue weighted by atomic mass is 16.3. The molecule has 0 aromatic carbocycles. The number of amides is 1. The lowest BCUT2D eigenvalue weighted by molar-refractivity contribution is -0.127. The van der Waals surface area contributed by atoms with Gasteiger partial charge < -0.3 is 5.11 Å². The molecule has 3 nitrogen and oxygen atoms in total. The molecule has 0 aromatic rings. The predicted octanol–water partition coefficient (Wildman–Crippen LogP) is -1.10. The Bertz CT molecular complexity index is 70.1. The van der Waals surface area contributed by atoms with Crippen molar-refractivity contribution in [3.05, 3.63) is 0 Å². The third kappa shape index (κ3) is 2.31. The minimum Gasteiger partial charge on any atom is -0.382 e. The average molecular weight is 103 g/mol. The molecule has 41 valence electrons.